The number of benzene rings is 1. The fourth-order valence-electron chi connectivity index (χ4n) is 1.76. The van der Waals surface area contributed by atoms with E-state index in [-0.39, 0.29) is 22.9 Å². The molecule has 8 heteroatoms. The maximum atomic E-state index is 12.1. The molecule has 2 N–H and O–H groups in total. The topological polar surface area (TPSA) is 75.6 Å². The first-order valence-electron chi connectivity index (χ1n) is 5.66. The van der Waals surface area contributed by atoms with Crippen molar-refractivity contribution < 1.29 is 28.2 Å². The van der Waals surface area contributed by atoms with Crippen molar-refractivity contribution in [2.75, 3.05) is 5.32 Å². The lowest BCUT2D eigenvalue weighted by Crippen LogP contribution is -2.16. The molecular weight excluding hydrogens is 296 g/mol. The molecule has 0 unspecified atom stereocenters. The molecular formula is C12H10ClF2NO4. The number of carbonyl (C=O) groups excluding carboxylic acids is 1. The average molecular weight is 306 g/mol. The van der Waals surface area contributed by atoms with E-state index in [1.165, 1.54) is 12.1 Å². The van der Waals surface area contributed by atoms with Crippen molar-refractivity contribution >= 4 is 29.2 Å². The Labute approximate surface area is 117 Å². The molecule has 0 bridgehead atoms. The van der Waals surface area contributed by atoms with E-state index in [2.05, 4.69) is 10.1 Å². The van der Waals surface area contributed by atoms with Crippen LogP contribution in [0.3, 0.4) is 0 Å². The number of alkyl halides is 2. The number of carbonyl (C=O) groups is 2. The van der Waals surface area contributed by atoms with Gasteiger partial charge in [-0.1, -0.05) is 11.6 Å². The number of carboxylic acid groups (broad SMARTS) is 1. The van der Waals surface area contributed by atoms with E-state index in [0.717, 1.165) is 6.07 Å². The highest BCUT2D eigenvalue weighted by Gasteiger charge is 2.48. The minimum atomic E-state index is -3.03. The largest absolute Gasteiger partial charge is 0.481 e. The third kappa shape index (κ3) is 3.36. The summed E-state index contributed by atoms with van der Waals surface area (Å²) in [5.74, 6) is -3.03. The van der Waals surface area contributed by atoms with E-state index < -0.39 is 30.3 Å². The molecule has 1 aromatic rings. The highest BCUT2D eigenvalue weighted by atomic mass is 35.5. The van der Waals surface area contributed by atoms with Crippen molar-refractivity contribution in [3.63, 3.8) is 0 Å². The lowest BCUT2D eigenvalue weighted by Gasteiger charge is -2.10. The molecule has 1 aliphatic carbocycles. The molecule has 1 saturated carbocycles. The van der Waals surface area contributed by atoms with Gasteiger partial charge in [-0.25, -0.2) is 0 Å². The number of anilines is 1. The molecule has 0 aliphatic heterocycles. The van der Waals surface area contributed by atoms with Crippen LogP contribution in [-0.2, 0) is 9.59 Å². The minimum Gasteiger partial charge on any atom is -0.481 e. The Morgan fingerprint density at radius 2 is 2.10 bits per heavy atom. The quantitative estimate of drug-likeness (QED) is 0.877. The highest BCUT2D eigenvalue weighted by molar-refractivity contribution is 6.32. The highest BCUT2D eigenvalue weighted by Crippen LogP contribution is 2.39. The maximum Gasteiger partial charge on any atom is 0.387 e. The lowest BCUT2D eigenvalue weighted by atomic mass is 10.2. The second-order valence-electron chi connectivity index (χ2n) is 4.30. The van der Waals surface area contributed by atoms with Gasteiger partial charge in [-0.05, 0) is 18.6 Å². The van der Waals surface area contributed by atoms with Gasteiger partial charge >= 0.3 is 12.6 Å². The number of nitrogens with one attached hydrogen (secondary N) is 1. The second-order valence-corrected chi connectivity index (χ2v) is 4.71. The summed E-state index contributed by atoms with van der Waals surface area (Å²) in [6.07, 6.45) is 0.273. The Morgan fingerprint density at radius 3 is 2.65 bits per heavy atom. The molecule has 1 aromatic carbocycles. The van der Waals surface area contributed by atoms with Crippen molar-refractivity contribution in [2.45, 2.75) is 13.0 Å². The van der Waals surface area contributed by atoms with Gasteiger partial charge in [-0.15, -0.1) is 0 Å². The first-order valence-corrected chi connectivity index (χ1v) is 6.04. The van der Waals surface area contributed by atoms with E-state index >= 15 is 0 Å². The Hall–Kier alpha value is -1.89. The first-order chi connectivity index (χ1) is 9.38. The Morgan fingerprint density at radius 1 is 1.40 bits per heavy atom. The van der Waals surface area contributed by atoms with E-state index in [9.17, 15) is 18.4 Å². The fraction of sp³-hybridized carbons (Fsp3) is 0.333. The molecule has 5 nitrogen and oxygen atoms in total. The predicted octanol–water partition coefficient (Wildman–Crippen LogP) is 2.60. The zero-order chi connectivity index (χ0) is 14.9. The molecule has 1 amide bonds. The van der Waals surface area contributed by atoms with Crippen LogP contribution in [-0.4, -0.2) is 23.6 Å². The van der Waals surface area contributed by atoms with E-state index in [0.29, 0.717) is 0 Å². The zero-order valence-electron chi connectivity index (χ0n) is 9.98. The molecule has 0 aromatic heterocycles. The van der Waals surface area contributed by atoms with Crippen LogP contribution < -0.4 is 10.1 Å². The lowest BCUT2D eigenvalue weighted by molar-refractivity contribution is -0.139. The average Bonchev–Trinajstić information content (AvgIpc) is 3.13. The van der Waals surface area contributed by atoms with Gasteiger partial charge in [0.15, 0.2) is 0 Å². The van der Waals surface area contributed by atoms with Crippen molar-refractivity contribution in [1.82, 2.24) is 0 Å². The van der Waals surface area contributed by atoms with Crippen molar-refractivity contribution in [3.05, 3.63) is 23.2 Å². The Kier molecular flexibility index (Phi) is 4.08. The Balaban J connectivity index is 2.03. The number of halogens is 3. The second kappa shape index (κ2) is 5.62. The first kappa shape index (κ1) is 14.5. The van der Waals surface area contributed by atoms with Crippen LogP contribution in [0.4, 0.5) is 14.5 Å². The summed E-state index contributed by atoms with van der Waals surface area (Å²) in [4.78, 5) is 22.4. The summed E-state index contributed by atoms with van der Waals surface area (Å²) in [5, 5.41) is 11.1. The molecule has 108 valence electrons. The summed E-state index contributed by atoms with van der Waals surface area (Å²) in [6, 6.07) is 3.87. The van der Waals surface area contributed by atoms with Gasteiger partial charge < -0.3 is 15.2 Å². The van der Waals surface area contributed by atoms with Crippen molar-refractivity contribution in [3.8, 4) is 5.75 Å². The molecule has 0 saturated heterocycles. The number of rotatable bonds is 5. The minimum absolute atomic E-state index is 0.0156. The number of ether oxygens (including phenoxy) is 1. The molecule has 2 rings (SSSR count). The maximum absolute atomic E-state index is 12.1. The van der Waals surface area contributed by atoms with Gasteiger partial charge in [0, 0.05) is 11.8 Å². The van der Waals surface area contributed by atoms with Gasteiger partial charge in [0.05, 0.1) is 16.9 Å². The third-order valence-corrected chi connectivity index (χ3v) is 3.17. The third-order valence-electron chi connectivity index (χ3n) is 2.86. The monoisotopic (exact) mass is 305 g/mol. The van der Waals surface area contributed by atoms with Gasteiger partial charge in [0.1, 0.15) is 5.75 Å². The van der Waals surface area contributed by atoms with Crippen molar-refractivity contribution in [1.29, 1.82) is 0 Å². The normalized spacial score (nSPS) is 20.6. The summed E-state index contributed by atoms with van der Waals surface area (Å²) < 4.78 is 28.5. The number of aliphatic carboxylic acids is 1. The van der Waals surface area contributed by atoms with Gasteiger partial charge in [-0.3, -0.25) is 9.59 Å². The molecule has 20 heavy (non-hydrogen) atoms. The number of hydrogen-bond donors (Lipinski definition) is 2. The molecule has 1 aliphatic rings. The standard InChI is InChI=1S/C12H10ClF2NO4/c13-8-2-1-5(3-9(8)20-12(14)15)16-10(17)6-4-7(6)11(18)19/h1-3,6-7,12H,4H2,(H,16,17)(H,18,19)/t6-,7-/m1/s1. The summed E-state index contributed by atoms with van der Waals surface area (Å²) >= 11 is 5.67. The van der Waals surface area contributed by atoms with Crippen LogP contribution in [0.1, 0.15) is 6.42 Å². The van der Waals surface area contributed by atoms with E-state index in [4.69, 9.17) is 16.7 Å². The van der Waals surface area contributed by atoms with Crippen LogP contribution in [0.25, 0.3) is 0 Å². The molecule has 2 atom stereocenters. The van der Waals surface area contributed by atoms with Gasteiger partial charge in [0.2, 0.25) is 5.91 Å². The zero-order valence-corrected chi connectivity index (χ0v) is 10.7. The molecule has 1 fully saturated rings. The van der Waals surface area contributed by atoms with Gasteiger partial charge in [-0.2, -0.15) is 8.78 Å². The summed E-state index contributed by atoms with van der Waals surface area (Å²) in [7, 11) is 0. The fourth-order valence-corrected chi connectivity index (χ4v) is 1.92. The van der Waals surface area contributed by atoms with Crippen molar-refractivity contribution in [2.24, 2.45) is 11.8 Å². The molecule has 0 heterocycles. The van der Waals surface area contributed by atoms with Crippen LogP contribution in [0, 0.1) is 11.8 Å². The molecule has 0 spiro atoms. The van der Waals surface area contributed by atoms with Crippen LogP contribution in [0.2, 0.25) is 5.02 Å². The summed E-state index contributed by atoms with van der Waals surface area (Å²) in [5.41, 5.74) is 0.214. The van der Waals surface area contributed by atoms with Crippen LogP contribution >= 0.6 is 11.6 Å². The summed E-state index contributed by atoms with van der Waals surface area (Å²) in [6.45, 7) is -3.03. The van der Waals surface area contributed by atoms with E-state index in [1.807, 2.05) is 0 Å². The van der Waals surface area contributed by atoms with E-state index in [1.54, 1.807) is 0 Å². The molecule has 0 radical (unpaired) electrons. The predicted molar refractivity (Wildman–Crippen MR) is 65.9 cm³/mol. The number of hydrogen-bond acceptors (Lipinski definition) is 3. The number of carboxylic acids is 1. The number of amides is 1. The van der Waals surface area contributed by atoms with Crippen LogP contribution in [0.15, 0.2) is 18.2 Å². The van der Waals surface area contributed by atoms with Crippen LogP contribution in [0.5, 0.6) is 5.75 Å². The smallest absolute Gasteiger partial charge is 0.387 e. The van der Waals surface area contributed by atoms with Gasteiger partial charge in [0.25, 0.3) is 0 Å². The SMILES string of the molecule is O=C(O)[C@@H]1C[C@H]1C(=O)Nc1ccc(Cl)c(OC(F)F)c1. The Bertz CT molecular complexity index is 552.